The van der Waals surface area contributed by atoms with Gasteiger partial charge in [0.1, 0.15) is 5.65 Å². The van der Waals surface area contributed by atoms with Crippen molar-refractivity contribution in [2.75, 3.05) is 0 Å². The molecule has 2 aromatic carbocycles. The van der Waals surface area contributed by atoms with E-state index in [0.717, 1.165) is 38.9 Å². The lowest BCUT2D eigenvalue weighted by Crippen LogP contribution is -2.28. The number of imidazole rings is 1. The molecule has 6 heteroatoms. The lowest BCUT2D eigenvalue weighted by molar-refractivity contribution is 0.624. The van der Waals surface area contributed by atoms with Crippen LogP contribution in [0.1, 0.15) is 29.3 Å². The third-order valence-electron chi connectivity index (χ3n) is 6.74. The molecular formula is C29H23ClN4O. The highest BCUT2D eigenvalue weighted by molar-refractivity contribution is 6.30. The summed E-state index contributed by atoms with van der Waals surface area (Å²) < 4.78 is 3.58. The topological polar surface area (TPSA) is 52.7 Å². The second kappa shape index (κ2) is 8.57. The Balaban J connectivity index is 1.84. The average molecular weight is 479 g/mol. The number of aryl methyl sites for hydroxylation is 2. The summed E-state index contributed by atoms with van der Waals surface area (Å²) in [5.74, 6) is 2.68. The van der Waals surface area contributed by atoms with Gasteiger partial charge in [0.2, 0.25) is 0 Å². The van der Waals surface area contributed by atoms with Crippen molar-refractivity contribution in [1.82, 2.24) is 19.1 Å². The highest BCUT2D eigenvalue weighted by Gasteiger charge is 2.34. The fourth-order valence-electron chi connectivity index (χ4n) is 4.70. The van der Waals surface area contributed by atoms with Crippen LogP contribution >= 0.6 is 11.6 Å². The predicted molar refractivity (Wildman–Crippen MR) is 141 cm³/mol. The zero-order valence-electron chi connectivity index (χ0n) is 19.7. The molecule has 1 atom stereocenters. The number of nitrogens with zero attached hydrogens (tertiary/aromatic N) is 4. The van der Waals surface area contributed by atoms with Crippen molar-refractivity contribution in [3.8, 4) is 23.5 Å². The van der Waals surface area contributed by atoms with Gasteiger partial charge in [-0.05, 0) is 59.5 Å². The van der Waals surface area contributed by atoms with Crippen LogP contribution < -0.4 is 5.56 Å². The number of aromatic nitrogens is 4. The van der Waals surface area contributed by atoms with Gasteiger partial charge < -0.3 is 4.57 Å². The summed E-state index contributed by atoms with van der Waals surface area (Å²) in [6.45, 7) is 2.15. The van der Waals surface area contributed by atoms with Gasteiger partial charge in [0.15, 0.2) is 0 Å². The van der Waals surface area contributed by atoms with Crippen molar-refractivity contribution in [1.29, 1.82) is 0 Å². The van der Waals surface area contributed by atoms with Crippen LogP contribution in [0.5, 0.6) is 0 Å². The van der Waals surface area contributed by atoms with Gasteiger partial charge in [-0.25, -0.2) is 9.97 Å². The van der Waals surface area contributed by atoms with Crippen molar-refractivity contribution >= 4 is 22.6 Å². The molecule has 5 rings (SSSR count). The van der Waals surface area contributed by atoms with E-state index in [9.17, 15) is 4.79 Å². The van der Waals surface area contributed by atoms with Crippen LogP contribution in [0.15, 0.2) is 84.2 Å². The highest BCUT2D eigenvalue weighted by Crippen LogP contribution is 2.40. The summed E-state index contributed by atoms with van der Waals surface area (Å²) in [4.78, 5) is 22.0. The highest BCUT2D eigenvalue weighted by atomic mass is 35.5. The first-order valence-electron chi connectivity index (χ1n) is 11.1. The number of pyridine rings is 2. The van der Waals surface area contributed by atoms with E-state index in [1.165, 1.54) is 0 Å². The van der Waals surface area contributed by atoms with E-state index in [4.69, 9.17) is 23.0 Å². The largest absolute Gasteiger partial charge is 0.337 e. The molecule has 172 valence electrons. The number of fused-ring (bicyclic) bond motifs is 1. The molecule has 0 amide bonds. The van der Waals surface area contributed by atoms with Gasteiger partial charge in [-0.1, -0.05) is 41.8 Å². The van der Waals surface area contributed by atoms with E-state index in [2.05, 4.69) is 23.9 Å². The van der Waals surface area contributed by atoms with Crippen molar-refractivity contribution in [2.45, 2.75) is 12.3 Å². The zero-order chi connectivity index (χ0) is 24.7. The standard InChI is InChI=1S/C29H23ClN4O/c1-5-19-7-6-8-20(13-19)24-15-27(35)34(4)28-25(24)14-22(16-32-28)29(2,26-17-31-18-33(26)3)21-9-11-23(30)12-10-21/h1,6-18H,2-4H3/t29-/m1/s1. The normalized spacial score (nSPS) is 12.9. The Labute approximate surface area is 208 Å². The molecule has 5 nitrogen and oxygen atoms in total. The SMILES string of the molecule is C#Cc1cccc(-c2cc(=O)n(C)c3ncc([C@@](C)(c4ccc(Cl)cc4)c4cncn4C)cc23)c1. The van der Waals surface area contributed by atoms with Gasteiger partial charge in [0, 0.05) is 48.5 Å². The molecule has 0 radical (unpaired) electrons. The van der Waals surface area contributed by atoms with Crippen LogP contribution in [0.2, 0.25) is 5.02 Å². The van der Waals surface area contributed by atoms with E-state index >= 15 is 0 Å². The summed E-state index contributed by atoms with van der Waals surface area (Å²) in [5.41, 5.74) is 5.31. The maximum absolute atomic E-state index is 12.8. The molecule has 0 fully saturated rings. The molecule has 0 N–H and O–H groups in total. The molecule has 0 aliphatic rings. The maximum atomic E-state index is 12.8. The number of halogens is 1. The quantitative estimate of drug-likeness (QED) is 0.328. The molecule has 0 saturated heterocycles. The van der Waals surface area contributed by atoms with Crippen molar-refractivity contribution in [2.24, 2.45) is 14.1 Å². The van der Waals surface area contributed by atoms with Gasteiger partial charge in [-0.2, -0.15) is 0 Å². The first kappa shape index (κ1) is 22.6. The summed E-state index contributed by atoms with van der Waals surface area (Å²) in [7, 11) is 3.71. The first-order valence-corrected chi connectivity index (χ1v) is 11.5. The lowest BCUT2D eigenvalue weighted by Gasteiger charge is -2.31. The summed E-state index contributed by atoms with van der Waals surface area (Å²) in [6.07, 6.45) is 11.1. The van der Waals surface area contributed by atoms with Crippen LogP contribution in [0.3, 0.4) is 0 Å². The molecule has 35 heavy (non-hydrogen) atoms. The van der Waals surface area contributed by atoms with E-state index in [-0.39, 0.29) is 5.56 Å². The third-order valence-corrected chi connectivity index (χ3v) is 6.99. The summed E-state index contributed by atoms with van der Waals surface area (Å²) in [6, 6.07) is 19.2. The number of terminal acetylenes is 1. The minimum absolute atomic E-state index is 0.133. The number of rotatable bonds is 4. The van der Waals surface area contributed by atoms with E-state index in [1.807, 2.05) is 72.5 Å². The Hall–Kier alpha value is -4.14. The Morgan fingerprint density at radius 1 is 1.00 bits per heavy atom. The van der Waals surface area contributed by atoms with Gasteiger partial charge in [0.25, 0.3) is 5.56 Å². The van der Waals surface area contributed by atoms with Crippen molar-refractivity contribution < 1.29 is 0 Å². The zero-order valence-corrected chi connectivity index (χ0v) is 20.4. The number of hydrogen-bond donors (Lipinski definition) is 0. The Bertz CT molecular complexity index is 1670. The molecule has 5 aromatic rings. The minimum atomic E-state index is -0.580. The van der Waals surface area contributed by atoms with Gasteiger partial charge in [-0.15, -0.1) is 6.42 Å². The molecule has 3 heterocycles. The molecule has 0 aliphatic heterocycles. The van der Waals surface area contributed by atoms with Crippen LogP contribution in [-0.4, -0.2) is 19.1 Å². The fourth-order valence-corrected chi connectivity index (χ4v) is 4.82. The summed E-state index contributed by atoms with van der Waals surface area (Å²) in [5, 5.41) is 1.53. The summed E-state index contributed by atoms with van der Waals surface area (Å²) >= 11 is 6.21. The van der Waals surface area contributed by atoms with E-state index in [1.54, 1.807) is 24.0 Å². The molecule has 0 saturated carbocycles. The third kappa shape index (κ3) is 3.73. The molecule has 3 aromatic heterocycles. The second-order valence-corrected chi connectivity index (χ2v) is 9.23. The molecule has 0 bridgehead atoms. The average Bonchev–Trinajstić information content (AvgIpc) is 3.32. The van der Waals surface area contributed by atoms with Crippen LogP contribution in [-0.2, 0) is 19.5 Å². The van der Waals surface area contributed by atoms with Gasteiger partial charge in [-0.3, -0.25) is 9.36 Å². The Morgan fingerprint density at radius 3 is 2.46 bits per heavy atom. The predicted octanol–water partition coefficient (Wildman–Crippen LogP) is 5.32. The molecule has 0 aliphatic carbocycles. The Morgan fingerprint density at radius 2 is 1.77 bits per heavy atom. The molecule has 0 spiro atoms. The van der Waals surface area contributed by atoms with Crippen LogP contribution in [0.4, 0.5) is 0 Å². The molecular weight excluding hydrogens is 456 g/mol. The number of benzene rings is 2. The van der Waals surface area contributed by atoms with Gasteiger partial charge >= 0.3 is 0 Å². The number of hydrogen-bond acceptors (Lipinski definition) is 3. The van der Waals surface area contributed by atoms with Crippen LogP contribution in [0.25, 0.3) is 22.2 Å². The maximum Gasteiger partial charge on any atom is 0.252 e. The molecule has 0 unspecified atom stereocenters. The van der Waals surface area contributed by atoms with Gasteiger partial charge in [0.05, 0.1) is 17.4 Å². The van der Waals surface area contributed by atoms with E-state index in [0.29, 0.717) is 10.7 Å². The van der Waals surface area contributed by atoms with Crippen molar-refractivity contribution in [3.63, 3.8) is 0 Å². The van der Waals surface area contributed by atoms with Crippen LogP contribution in [0, 0.1) is 12.3 Å². The van der Waals surface area contributed by atoms with Crippen molar-refractivity contribution in [3.05, 3.63) is 117 Å². The second-order valence-electron chi connectivity index (χ2n) is 8.80. The smallest absolute Gasteiger partial charge is 0.252 e. The minimum Gasteiger partial charge on any atom is -0.337 e. The lowest BCUT2D eigenvalue weighted by atomic mass is 9.74. The Kier molecular flexibility index (Phi) is 5.55. The first-order chi connectivity index (χ1) is 16.8. The van der Waals surface area contributed by atoms with E-state index < -0.39 is 5.41 Å². The monoisotopic (exact) mass is 478 g/mol. The fraction of sp³-hybridized carbons (Fsp3) is 0.138.